The quantitative estimate of drug-likeness (QED) is 0.554. The summed E-state index contributed by atoms with van der Waals surface area (Å²) < 4.78 is 6.13. The molecule has 3 heterocycles. The van der Waals surface area contributed by atoms with E-state index < -0.39 is 0 Å². The number of fused-ring (bicyclic) bond motifs is 3. The smallest absolute Gasteiger partial charge is 0.242 e. The minimum Gasteiger partial charge on any atom is -0.489 e. The molecule has 3 amide bonds. The molecule has 4 rings (SSSR count). The van der Waals surface area contributed by atoms with Gasteiger partial charge in [0, 0.05) is 63.7 Å². The Morgan fingerprint density at radius 1 is 1.00 bits per heavy atom. The van der Waals surface area contributed by atoms with Crippen LogP contribution in [-0.4, -0.2) is 96.8 Å². The summed E-state index contributed by atoms with van der Waals surface area (Å²) in [5.74, 6) is 1.10. The van der Waals surface area contributed by atoms with E-state index >= 15 is 0 Å². The third kappa shape index (κ3) is 6.95. The van der Waals surface area contributed by atoms with Crippen LogP contribution in [-0.2, 0) is 20.9 Å². The molecule has 0 aliphatic carbocycles. The second-order valence-electron chi connectivity index (χ2n) is 11.0. The first-order valence-electron chi connectivity index (χ1n) is 14.3. The molecular weight excluding hydrogens is 480 g/mol. The van der Waals surface area contributed by atoms with Crippen LogP contribution in [0.25, 0.3) is 0 Å². The number of hydrogen-bond acceptors (Lipinski definition) is 5. The van der Waals surface area contributed by atoms with Gasteiger partial charge in [-0.15, -0.1) is 0 Å². The fourth-order valence-corrected chi connectivity index (χ4v) is 5.86. The van der Waals surface area contributed by atoms with Gasteiger partial charge in [-0.3, -0.25) is 14.4 Å². The van der Waals surface area contributed by atoms with E-state index in [1.165, 1.54) is 0 Å². The molecule has 2 fully saturated rings. The molecule has 1 aromatic carbocycles. The van der Waals surface area contributed by atoms with Crippen LogP contribution in [0.2, 0.25) is 0 Å². The molecule has 3 aliphatic heterocycles. The molecular formula is C30H44N4O4. The van der Waals surface area contributed by atoms with Crippen molar-refractivity contribution in [2.24, 2.45) is 17.8 Å². The predicted molar refractivity (Wildman–Crippen MR) is 147 cm³/mol. The molecule has 0 radical (unpaired) electrons. The van der Waals surface area contributed by atoms with Gasteiger partial charge in [0.05, 0.1) is 0 Å². The van der Waals surface area contributed by atoms with Gasteiger partial charge in [0.25, 0.3) is 0 Å². The lowest BCUT2D eigenvalue weighted by atomic mass is 9.82. The molecule has 2 atom stereocenters. The van der Waals surface area contributed by atoms with Crippen LogP contribution in [0.3, 0.4) is 0 Å². The number of piperidine rings is 1. The van der Waals surface area contributed by atoms with Gasteiger partial charge in [-0.05, 0) is 44.2 Å². The molecule has 0 aromatic heterocycles. The van der Waals surface area contributed by atoms with Crippen LogP contribution in [0.5, 0.6) is 5.75 Å². The third-order valence-corrected chi connectivity index (χ3v) is 8.48. The Morgan fingerprint density at radius 2 is 1.74 bits per heavy atom. The summed E-state index contributed by atoms with van der Waals surface area (Å²) in [4.78, 5) is 48.0. The highest BCUT2D eigenvalue weighted by Gasteiger charge is 2.34. The summed E-state index contributed by atoms with van der Waals surface area (Å²) in [5.41, 5.74) is 0.904. The molecule has 208 valence electrons. The van der Waals surface area contributed by atoms with E-state index in [0.29, 0.717) is 32.7 Å². The van der Waals surface area contributed by atoms with Gasteiger partial charge >= 0.3 is 0 Å². The van der Waals surface area contributed by atoms with Crippen molar-refractivity contribution in [2.45, 2.75) is 46.1 Å². The number of likely N-dealkylation sites (N-methyl/N-ethyl adjacent to an activating group) is 1. The van der Waals surface area contributed by atoms with E-state index in [-0.39, 0.29) is 42.0 Å². The largest absolute Gasteiger partial charge is 0.489 e. The third-order valence-electron chi connectivity index (χ3n) is 8.48. The Kier molecular flexibility index (Phi) is 9.83. The van der Waals surface area contributed by atoms with Crippen molar-refractivity contribution in [1.82, 2.24) is 19.6 Å². The van der Waals surface area contributed by atoms with Crippen molar-refractivity contribution in [1.29, 1.82) is 0 Å². The molecule has 0 unspecified atom stereocenters. The van der Waals surface area contributed by atoms with Gasteiger partial charge < -0.3 is 24.3 Å². The Morgan fingerprint density at radius 3 is 2.47 bits per heavy atom. The molecule has 0 saturated carbocycles. The van der Waals surface area contributed by atoms with Crippen molar-refractivity contribution in [3.05, 3.63) is 42.0 Å². The number of nitrogens with zero attached hydrogens (tertiary/aromatic N) is 4. The van der Waals surface area contributed by atoms with Crippen LogP contribution in [0.4, 0.5) is 0 Å². The Hall–Kier alpha value is -2.87. The molecule has 2 saturated heterocycles. The SMILES string of the molecule is CCC(CC)C(=O)N1CC(=O)N2CC[C@@H](CC(=O)N3CCN(C)CC3)[C@@H](C=CCOc3ccccc3C1)C2. The lowest BCUT2D eigenvalue weighted by molar-refractivity contribution is -0.145. The zero-order valence-electron chi connectivity index (χ0n) is 23.3. The normalized spacial score (nSPS) is 23.3. The molecule has 3 aliphatic rings. The average molecular weight is 525 g/mol. The second kappa shape index (κ2) is 13.3. The summed E-state index contributed by atoms with van der Waals surface area (Å²) in [6, 6.07) is 7.76. The van der Waals surface area contributed by atoms with E-state index in [2.05, 4.69) is 18.0 Å². The number of ether oxygens (including phenoxy) is 1. The lowest BCUT2D eigenvalue weighted by Gasteiger charge is -2.39. The highest BCUT2D eigenvalue weighted by Crippen LogP contribution is 2.30. The Labute approximate surface area is 227 Å². The van der Waals surface area contributed by atoms with Gasteiger partial charge in [0.1, 0.15) is 18.9 Å². The lowest BCUT2D eigenvalue weighted by Crippen LogP contribution is -2.50. The van der Waals surface area contributed by atoms with Crippen molar-refractivity contribution < 1.29 is 19.1 Å². The molecule has 0 N–H and O–H groups in total. The fourth-order valence-electron chi connectivity index (χ4n) is 5.86. The van der Waals surface area contributed by atoms with Crippen molar-refractivity contribution in [2.75, 3.05) is 59.5 Å². The van der Waals surface area contributed by atoms with Crippen molar-refractivity contribution in [3.63, 3.8) is 0 Å². The number of hydrogen-bond donors (Lipinski definition) is 0. The minimum absolute atomic E-state index is 0.0235. The average Bonchev–Trinajstić information content (AvgIpc) is 2.93. The van der Waals surface area contributed by atoms with Gasteiger partial charge in [0.15, 0.2) is 0 Å². The Bertz CT molecular complexity index is 1000. The monoisotopic (exact) mass is 524 g/mol. The maximum Gasteiger partial charge on any atom is 0.242 e. The number of benzene rings is 1. The van der Waals surface area contributed by atoms with Crippen LogP contribution in [0.1, 0.15) is 45.1 Å². The van der Waals surface area contributed by atoms with Gasteiger partial charge in [-0.1, -0.05) is 44.2 Å². The molecule has 8 nitrogen and oxygen atoms in total. The highest BCUT2D eigenvalue weighted by atomic mass is 16.5. The second-order valence-corrected chi connectivity index (χ2v) is 11.0. The predicted octanol–water partition coefficient (Wildman–Crippen LogP) is 3.03. The minimum atomic E-state index is -0.104. The molecule has 1 aromatic rings. The number of rotatable bonds is 5. The highest BCUT2D eigenvalue weighted by molar-refractivity contribution is 5.86. The van der Waals surface area contributed by atoms with E-state index in [4.69, 9.17) is 4.74 Å². The van der Waals surface area contributed by atoms with Crippen LogP contribution in [0, 0.1) is 17.8 Å². The van der Waals surface area contributed by atoms with Gasteiger partial charge in [0.2, 0.25) is 17.7 Å². The number of carbonyl (C=O) groups is 3. The Balaban J connectivity index is 1.53. The van der Waals surface area contributed by atoms with E-state index in [0.717, 1.165) is 56.8 Å². The molecule has 0 spiro atoms. The van der Waals surface area contributed by atoms with E-state index in [1.807, 2.05) is 54.0 Å². The van der Waals surface area contributed by atoms with Gasteiger partial charge in [-0.25, -0.2) is 0 Å². The molecule has 2 bridgehead atoms. The first-order chi connectivity index (χ1) is 18.4. The first-order valence-corrected chi connectivity index (χ1v) is 14.3. The number of para-hydroxylation sites is 1. The number of amides is 3. The first kappa shape index (κ1) is 28.1. The number of piperazine rings is 1. The van der Waals surface area contributed by atoms with Crippen LogP contribution in [0.15, 0.2) is 36.4 Å². The van der Waals surface area contributed by atoms with Crippen LogP contribution >= 0.6 is 0 Å². The molecule has 8 heteroatoms. The standard InChI is InChI=1S/C30H44N4O4/c1-4-23(5-2)30(37)34-21-26-9-6-7-11-27(26)38-18-8-10-25-20-33(29(36)22-34)13-12-24(25)19-28(35)32-16-14-31(3)15-17-32/h6-11,23-25H,4-5,12-22H2,1-3H3/t24-,25-/m0/s1. The van der Waals surface area contributed by atoms with Gasteiger partial charge in [-0.2, -0.15) is 0 Å². The summed E-state index contributed by atoms with van der Waals surface area (Å²) in [7, 11) is 2.09. The summed E-state index contributed by atoms with van der Waals surface area (Å²) >= 11 is 0. The summed E-state index contributed by atoms with van der Waals surface area (Å²) in [6.45, 7) is 9.42. The van der Waals surface area contributed by atoms with E-state index in [9.17, 15) is 14.4 Å². The number of carbonyl (C=O) groups excluding carboxylic acids is 3. The summed E-state index contributed by atoms with van der Waals surface area (Å²) in [6.07, 6.45) is 6.93. The maximum atomic E-state index is 13.6. The fraction of sp³-hybridized carbons (Fsp3) is 0.633. The molecule has 38 heavy (non-hydrogen) atoms. The summed E-state index contributed by atoms with van der Waals surface area (Å²) in [5, 5.41) is 0. The zero-order valence-corrected chi connectivity index (χ0v) is 23.3. The maximum absolute atomic E-state index is 13.6. The topological polar surface area (TPSA) is 73.4 Å². The van der Waals surface area contributed by atoms with Crippen molar-refractivity contribution >= 4 is 17.7 Å². The van der Waals surface area contributed by atoms with Crippen LogP contribution < -0.4 is 4.74 Å². The van der Waals surface area contributed by atoms with Crippen molar-refractivity contribution in [3.8, 4) is 5.75 Å². The van der Waals surface area contributed by atoms with E-state index in [1.54, 1.807) is 4.90 Å². The zero-order chi connectivity index (χ0) is 27.1.